The van der Waals surface area contributed by atoms with Crippen LogP contribution in [0.3, 0.4) is 0 Å². The number of nitrogens with two attached hydrogens (primary N) is 1. The number of hydrogen-bond acceptors (Lipinski definition) is 4. The van der Waals surface area contributed by atoms with E-state index in [1.165, 1.54) is 0 Å². The summed E-state index contributed by atoms with van der Waals surface area (Å²) in [6, 6.07) is 5.05. The van der Waals surface area contributed by atoms with Gasteiger partial charge in [-0.15, -0.1) is 12.4 Å². The lowest BCUT2D eigenvalue weighted by Crippen LogP contribution is -2.53. The predicted octanol–water partition coefficient (Wildman–Crippen LogP) is 1.30. The second kappa shape index (κ2) is 7.73. The SMILES string of the molecule is CSCC[C@@H](N)C(=O)N1C[C@@H]2C[C@H](C1)c1cccc(=O)n1C2.Cl. The second-order valence-corrected chi connectivity index (χ2v) is 7.31. The average Bonchev–Trinajstić information content (AvgIpc) is 2.52. The molecule has 0 aromatic carbocycles. The zero-order valence-electron chi connectivity index (χ0n) is 13.3. The summed E-state index contributed by atoms with van der Waals surface area (Å²) in [5.41, 5.74) is 7.18. The van der Waals surface area contributed by atoms with Gasteiger partial charge in [0.05, 0.1) is 6.04 Å². The van der Waals surface area contributed by atoms with Crippen LogP contribution in [-0.4, -0.2) is 46.5 Å². The summed E-state index contributed by atoms with van der Waals surface area (Å²) in [4.78, 5) is 26.5. The predicted molar refractivity (Wildman–Crippen MR) is 96.4 cm³/mol. The summed E-state index contributed by atoms with van der Waals surface area (Å²) < 4.78 is 1.88. The van der Waals surface area contributed by atoms with E-state index in [1.807, 2.05) is 27.9 Å². The van der Waals surface area contributed by atoms with E-state index in [2.05, 4.69) is 0 Å². The number of hydrogen-bond donors (Lipinski definition) is 1. The van der Waals surface area contributed by atoms with Crippen molar-refractivity contribution in [2.24, 2.45) is 11.7 Å². The molecule has 128 valence electrons. The number of carbonyl (C=O) groups is 1. The van der Waals surface area contributed by atoms with Crippen molar-refractivity contribution in [2.45, 2.75) is 31.3 Å². The first kappa shape index (κ1) is 18.4. The fourth-order valence-electron chi connectivity index (χ4n) is 3.68. The summed E-state index contributed by atoms with van der Waals surface area (Å²) >= 11 is 1.71. The number of likely N-dealkylation sites (tertiary alicyclic amines) is 1. The molecule has 0 unspecified atom stereocenters. The van der Waals surface area contributed by atoms with Gasteiger partial charge >= 0.3 is 0 Å². The quantitative estimate of drug-likeness (QED) is 0.881. The molecule has 1 aromatic rings. The second-order valence-electron chi connectivity index (χ2n) is 6.33. The first-order valence-electron chi connectivity index (χ1n) is 7.83. The van der Waals surface area contributed by atoms with Gasteiger partial charge in [-0.2, -0.15) is 11.8 Å². The number of halogens is 1. The van der Waals surface area contributed by atoms with Crippen molar-refractivity contribution >= 4 is 30.1 Å². The third-order valence-corrected chi connectivity index (χ3v) is 5.39. The van der Waals surface area contributed by atoms with Crippen LogP contribution >= 0.6 is 24.2 Å². The molecule has 2 bridgehead atoms. The molecule has 0 aliphatic carbocycles. The van der Waals surface area contributed by atoms with E-state index in [9.17, 15) is 9.59 Å². The van der Waals surface area contributed by atoms with Gasteiger partial charge in [0, 0.05) is 37.3 Å². The fraction of sp³-hybridized carbons (Fsp3) is 0.625. The molecule has 2 aliphatic heterocycles. The monoisotopic (exact) mass is 357 g/mol. The highest BCUT2D eigenvalue weighted by Gasteiger charge is 2.37. The van der Waals surface area contributed by atoms with Crippen LogP contribution in [0.4, 0.5) is 0 Å². The van der Waals surface area contributed by atoms with Crippen molar-refractivity contribution in [3.05, 3.63) is 34.2 Å². The van der Waals surface area contributed by atoms with Gasteiger partial charge in [-0.25, -0.2) is 0 Å². The van der Waals surface area contributed by atoms with E-state index < -0.39 is 6.04 Å². The third kappa shape index (κ3) is 3.75. The molecule has 1 aromatic heterocycles. The number of carbonyl (C=O) groups excluding carboxylic acids is 1. The van der Waals surface area contributed by atoms with Gasteiger partial charge in [-0.1, -0.05) is 6.07 Å². The fourth-order valence-corrected chi connectivity index (χ4v) is 4.17. The molecule has 0 saturated carbocycles. The Morgan fingerprint density at radius 1 is 1.39 bits per heavy atom. The molecule has 1 saturated heterocycles. The molecule has 7 heteroatoms. The van der Waals surface area contributed by atoms with Crippen molar-refractivity contribution in [3.63, 3.8) is 0 Å². The number of nitrogens with zero attached hydrogens (tertiary/aromatic N) is 2. The van der Waals surface area contributed by atoms with Crippen molar-refractivity contribution in [2.75, 3.05) is 25.1 Å². The molecule has 3 heterocycles. The summed E-state index contributed by atoms with van der Waals surface area (Å²) in [5, 5.41) is 0. The van der Waals surface area contributed by atoms with Crippen molar-refractivity contribution in [3.8, 4) is 0 Å². The third-order valence-electron chi connectivity index (χ3n) is 4.74. The van der Waals surface area contributed by atoms with Crippen LogP contribution < -0.4 is 11.3 Å². The maximum atomic E-state index is 12.5. The van der Waals surface area contributed by atoms with Crippen molar-refractivity contribution in [1.82, 2.24) is 9.47 Å². The Balaban J connectivity index is 0.00000192. The summed E-state index contributed by atoms with van der Waals surface area (Å²) in [6.45, 7) is 2.13. The first-order valence-corrected chi connectivity index (χ1v) is 9.22. The average molecular weight is 358 g/mol. The highest BCUT2D eigenvalue weighted by Crippen LogP contribution is 2.35. The van der Waals surface area contributed by atoms with Crippen molar-refractivity contribution < 1.29 is 4.79 Å². The highest BCUT2D eigenvalue weighted by molar-refractivity contribution is 7.98. The topological polar surface area (TPSA) is 68.3 Å². The molecule has 0 spiro atoms. The number of fused-ring (bicyclic) bond motifs is 4. The summed E-state index contributed by atoms with van der Waals surface area (Å²) in [5.74, 6) is 1.60. The lowest BCUT2D eigenvalue weighted by molar-refractivity contribution is -0.135. The molecular weight excluding hydrogens is 334 g/mol. The highest BCUT2D eigenvalue weighted by atomic mass is 35.5. The largest absolute Gasteiger partial charge is 0.340 e. The van der Waals surface area contributed by atoms with Gasteiger partial charge < -0.3 is 15.2 Å². The summed E-state index contributed by atoms with van der Waals surface area (Å²) in [7, 11) is 0. The van der Waals surface area contributed by atoms with E-state index in [-0.39, 0.29) is 29.8 Å². The maximum absolute atomic E-state index is 12.5. The van der Waals surface area contributed by atoms with Gasteiger partial charge in [-0.05, 0) is 36.8 Å². The molecule has 3 rings (SSSR count). The van der Waals surface area contributed by atoms with Crippen LogP contribution in [0, 0.1) is 5.92 Å². The minimum atomic E-state index is -0.399. The van der Waals surface area contributed by atoms with Gasteiger partial charge in [0.2, 0.25) is 5.91 Å². The Labute approximate surface area is 147 Å². The normalized spacial score (nSPS) is 23.7. The molecular formula is C16H24ClN3O2S. The first-order chi connectivity index (χ1) is 10.6. The Kier molecular flexibility index (Phi) is 6.17. The van der Waals surface area contributed by atoms with Gasteiger partial charge in [0.15, 0.2) is 0 Å². The molecule has 3 atom stereocenters. The molecule has 1 amide bonds. The molecule has 0 radical (unpaired) electrons. The lowest BCUT2D eigenvalue weighted by Gasteiger charge is -2.43. The van der Waals surface area contributed by atoms with E-state index in [0.717, 1.165) is 37.4 Å². The molecule has 5 nitrogen and oxygen atoms in total. The molecule has 1 fully saturated rings. The Morgan fingerprint density at radius 2 is 2.17 bits per heavy atom. The van der Waals surface area contributed by atoms with Crippen LogP contribution in [0.5, 0.6) is 0 Å². The Bertz CT molecular complexity index is 622. The molecule has 2 aliphatic rings. The van der Waals surface area contributed by atoms with Crippen molar-refractivity contribution in [1.29, 1.82) is 0 Å². The van der Waals surface area contributed by atoms with Gasteiger partial charge in [0.1, 0.15) is 0 Å². The number of amides is 1. The lowest BCUT2D eigenvalue weighted by atomic mass is 9.83. The number of pyridine rings is 1. The van der Waals surface area contributed by atoms with E-state index in [0.29, 0.717) is 12.5 Å². The van der Waals surface area contributed by atoms with E-state index >= 15 is 0 Å². The van der Waals surface area contributed by atoms with Gasteiger partial charge in [-0.3, -0.25) is 9.59 Å². The van der Waals surface area contributed by atoms with Crippen LogP contribution in [0.25, 0.3) is 0 Å². The van der Waals surface area contributed by atoms with E-state index in [4.69, 9.17) is 5.73 Å². The number of piperidine rings is 1. The van der Waals surface area contributed by atoms with Crippen LogP contribution in [0.2, 0.25) is 0 Å². The van der Waals surface area contributed by atoms with Crippen LogP contribution in [-0.2, 0) is 11.3 Å². The minimum absolute atomic E-state index is 0. The summed E-state index contributed by atoms with van der Waals surface area (Å²) in [6.07, 6.45) is 3.81. The Hall–Kier alpha value is -0.980. The Morgan fingerprint density at radius 3 is 2.91 bits per heavy atom. The maximum Gasteiger partial charge on any atom is 0.250 e. The van der Waals surface area contributed by atoms with Crippen LogP contribution in [0.15, 0.2) is 23.0 Å². The van der Waals surface area contributed by atoms with Gasteiger partial charge in [0.25, 0.3) is 5.56 Å². The number of aromatic nitrogens is 1. The molecule has 23 heavy (non-hydrogen) atoms. The zero-order chi connectivity index (χ0) is 15.7. The minimum Gasteiger partial charge on any atom is -0.340 e. The smallest absolute Gasteiger partial charge is 0.250 e. The zero-order valence-corrected chi connectivity index (χ0v) is 14.9. The van der Waals surface area contributed by atoms with E-state index in [1.54, 1.807) is 17.8 Å². The van der Waals surface area contributed by atoms with Crippen LogP contribution in [0.1, 0.15) is 24.5 Å². The molecule has 2 N–H and O–H groups in total. The number of rotatable bonds is 4. The number of thioether (sulfide) groups is 1. The standard InChI is InChI=1S/C16H23N3O2S.ClH/c1-22-6-5-13(17)16(21)18-8-11-7-12(10-18)14-3-2-4-15(20)19(14)9-11;/h2-4,11-13H,5-10,17H2,1H3;1H/t11-,12+,13+;/m0./s1.